The third-order valence-electron chi connectivity index (χ3n) is 1.89. The van der Waals surface area contributed by atoms with E-state index in [2.05, 4.69) is 10.6 Å². The molecule has 2 unspecified atom stereocenters. The Morgan fingerprint density at radius 1 is 1.08 bits per heavy atom. The fraction of sp³-hybridized carbons (Fsp3) is 0.250. The van der Waals surface area contributed by atoms with Crippen molar-refractivity contribution in [2.24, 2.45) is 0 Å². The zero-order valence-electron chi connectivity index (χ0n) is 6.66. The highest BCUT2D eigenvalue weighted by molar-refractivity contribution is 6.31. The third kappa shape index (κ3) is 1.56. The van der Waals surface area contributed by atoms with Gasteiger partial charge in [-0.1, -0.05) is 11.6 Å². The van der Waals surface area contributed by atoms with Crippen LogP contribution in [0.2, 0.25) is 5.02 Å². The van der Waals surface area contributed by atoms with Gasteiger partial charge in [0, 0.05) is 5.02 Å². The molecule has 0 saturated carbocycles. The Hall–Kier alpha value is -0.970. The van der Waals surface area contributed by atoms with E-state index in [1.54, 1.807) is 18.2 Å². The van der Waals surface area contributed by atoms with Crippen LogP contribution in [-0.2, 0) is 0 Å². The molecule has 4 nitrogen and oxygen atoms in total. The van der Waals surface area contributed by atoms with Crippen LogP contribution in [0.15, 0.2) is 18.2 Å². The van der Waals surface area contributed by atoms with Crippen molar-refractivity contribution in [3.8, 4) is 0 Å². The Bertz CT molecular complexity index is 332. The average Bonchev–Trinajstić information content (AvgIpc) is 2.08. The van der Waals surface area contributed by atoms with Crippen molar-refractivity contribution in [2.75, 3.05) is 10.6 Å². The largest absolute Gasteiger partial charge is 0.369 e. The molecular formula is C8H9ClN2O2. The highest BCUT2D eigenvalue weighted by atomic mass is 35.5. The summed E-state index contributed by atoms with van der Waals surface area (Å²) in [5.41, 5.74) is 1.41. The van der Waals surface area contributed by atoms with Gasteiger partial charge < -0.3 is 20.8 Å². The van der Waals surface area contributed by atoms with Gasteiger partial charge in [0.1, 0.15) is 0 Å². The first-order valence-electron chi connectivity index (χ1n) is 3.85. The van der Waals surface area contributed by atoms with E-state index in [0.29, 0.717) is 10.7 Å². The van der Waals surface area contributed by atoms with Crippen LogP contribution in [0.5, 0.6) is 0 Å². The standard InChI is InChI=1S/C8H9ClN2O2/c9-4-1-2-5-6(3-4)11-8(13)7(12)10-5/h1-3,7-8,10-13H. The van der Waals surface area contributed by atoms with Gasteiger partial charge in [-0.2, -0.15) is 0 Å². The van der Waals surface area contributed by atoms with Gasteiger partial charge in [-0.25, -0.2) is 0 Å². The van der Waals surface area contributed by atoms with Gasteiger partial charge in [0.15, 0.2) is 12.5 Å². The van der Waals surface area contributed by atoms with E-state index in [1.807, 2.05) is 0 Å². The van der Waals surface area contributed by atoms with Gasteiger partial charge in [-0.05, 0) is 18.2 Å². The second kappa shape index (κ2) is 3.06. The number of aliphatic hydroxyl groups is 2. The molecule has 5 heteroatoms. The number of fused-ring (bicyclic) bond motifs is 1. The second-order valence-electron chi connectivity index (χ2n) is 2.87. The van der Waals surface area contributed by atoms with Crippen molar-refractivity contribution in [3.05, 3.63) is 23.2 Å². The number of hydrogen-bond donors (Lipinski definition) is 4. The van der Waals surface area contributed by atoms with Crippen molar-refractivity contribution >= 4 is 23.0 Å². The Balaban J connectivity index is 2.37. The molecule has 4 N–H and O–H groups in total. The van der Waals surface area contributed by atoms with Crippen LogP contribution in [-0.4, -0.2) is 22.7 Å². The van der Waals surface area contributed by atoms with E-state index < -0.39 is 12.5 Å². The lowest BCUT2D eigenvalue weighted by Gasteiger charge is -2.29. The van der Waals surface area contributed by atoms with Crippen molar-refractivity contribution < 1.29 is 10.2 Å². The first kappa shape index (κ1) is 8.62. The average molecular weight is 201 g/mol. The Morgan fingerprint density at radius 2 is 1.69 bits per heavy atom. The van der Waals surface area contributed by atoms with Gasteiger partial charge in [-0.15, -0.1) is 0 Å². The Morgan fingerprint density at radius 3 is 2.38 bits per heavy atom. The molecule has 0 aliphatic carbocycles. The van der Waals surface area contributed by atoms with Gasteiger partial charge in [0.25, 0.3) is 0 Å². The van der Waals surface area contributed by atoms with Gasteiger partial charge in [0.05, 0.1) is 11.4 Å². The van der Waals surface area contributed by atoms with Crippen LogP contribution < -0.4 is 10.6 Å². The molecular weight excluding hydrogens is 192 g/mol. The van der Waals surface area contributed by atoms with Crippen molar-refractivity contribution in [1.29, 1.82) is 0 Å². The lowest BCUT2D eigenvalue weighted by atomic mass is 10.2. The number of anilines is 2. The number of benzene rings is 1. The van der Waals surface area contributed by atoms with Crippen LogP contribution in [0.4, 0.5) is 11.4 Å². The first-order valence-corrected chi connectivity index (χ1v) is 4.23. The molecule has 1 aromatic carbocycles. The fourth-order valence-corrected chi connectivity index (χ4v) is 1.41. The van der Waals surface area contributed by atoms with Crippen LogP contribution in [0, 0.1) is 0 Å². The SMILES string of the molecule is OC1Nc2ccc(Cl)cc2NC1O. The number of aliphatic hydroxyl groups excluding tert-OH is 2. The smallest absolute Gasteiger partial charge is 0.169 e. The summed E-state index contributed by atoms with van der Waals surface area (Å²) in [6, 6.07) is 5.12. The molecule has 1 aliphatic rings. The van der Waals surface area contributed by atoms with Crippen LogP contribution in [0.1, 0.15) is 0 Å². The third-order valence-corrected chi connectivity index (χ3v) is 2.12. The predicted molar refractivity (Wildman–Crippen MR) is 50.7 cm³/mol. The molecule has 0 saturated heterocycles. The fourth-order valence-electron chi connectivity index (χ4n) is 1.24. The van der Waals surface area contributed by atoms with Crippen molar-refractivity contribution in [3.63, 3.8) is 0 Å². The summed E-state index contributed by atoms with van der Waals surface area (Å²) in [6.07, 6.45) is -2.00. The first-order chi connectivity index (χ1) is 6.16. The molecule has 0 bridgehead atoms. The maximum atomic E-state index is 9.25. The van der Waals surface area contributed by atoms with E-state index in [9.17, 15) is 10.2 Å². The monoisotopic (exact) mass is 200 g/mol. The van der Waals surface area contributed by atoms with E-state index in [1.165, 1.54) is 0 Å². The molecule has 0 fully saturated rings. The second-order valence-corrected chi connectivity index (χ2v) is 3.30. The number of halogens is 1. The summed E-state index contributed by atoms with van der Waals surface area (Å²) in [6.45, 7) is 0. The summed E-state index contributed by atoms with van der Waals surface area (Å²) in [5.74, 6) is 0. The van der Waals surface area contributed by atoms with Gasteiger partial charge >= 0.3 is 0 Å². The molecule has 0 amide bonds. The molecule has 0 spiro atoms. The summed E-state index contributed by atoms with van der Waals surface area (Å²) < 4.78 is 0. The minimum absolute atomic E-state index is 0.580. The zero-order chi connectivity index (χ0) is 9.42. The van der Waals surface area contributed by atoms with Crippen molar-refractivity contribution in [1.82, 2.24) is 0 Å². The molecule has 2 atom stereocenters. The molecule has 1 aliphatic heterocycles. The van der Waals surface area contributed by atoms with Crippen LogP contribution in [0.25, 0.3) is 0 Å². The van der Waals surface area contributed by atoms with E-state index in [4.69, 9.17) is 11.6 Å². The normalized spacial score (nSPS) is 25.8. The number of hydrogen-bond acceptors (Lipinski definition) is 4. The summed E-state index contributed by atoms with van der Waals surface area (Å²) in [5, 5.41) is 24.5. The van der Waals surface area contributed by atoms with Crippen LogP contribution in [0.3, 0.4) is 0 Å². The summed E-state index contributed by atoms with van der Waals surface area (Å²) in [4.78, 5) is 0. The lowest BCUT2D eigenvalue weighted by Crippen LogP contribution is -2.42. The van der Waals surface area contributed by atoms with Crippen molar-refractivity contribution in [2.45, 2.75) is 12.5 Å². The number of nitrogens with one attached hydrogen (secondary N) is 2. The Kier molecular flexibility index (Phi) is 2.03. The topological polar surface area (TPSA) is 64.5 Å². The minimum Gasteiger partial charge on any atom is -0.369 e. The predicted octanol–water partition coefficient (Wildman–Crippen LogP) is 0.814. The summed E-state index contributed by atoms with van der Waals surface area (Å²) in [7, 11) is 0. The molecule has 0 aromatic heterocycles. The molecule has 70 valence electrons. The van der Waals surface area contributed by atoms with Gasteiger partial charge in [-0.3, -0.25) is 0 Å². The van der Waals surface area contributed by atoms with Gasteiger partial charge in [0.2, 0.25) is 0 Å². The van der Waals surface area contributed by atoms with Crippen LogP contribution >= 0.6 is 11.6 Å². The van der Waals surface area contributed by atoms with E-state index in [-0.39, 0.29) is 0 Å². The minimum atomic E-state index is -1.01. The molecule has 2 rings (SSSR count). The summed E-state index contributed by atoms with van der Waals surface area (Å²) >= 11 is 5.75. The molecule has 1 heterocycles. The molecule has 1 aromatic rings. The van der Waals surface area contributed by atoms with E-state index in [0.717, 1.165) is 5.69 Å². The zero-order valence-corrected chi connectivity index (χ0v) is 7.42. The highest BCUT2D eigenvalue weighted by Crippen LogP contribution is 2.29. The van der Waals surface area contributed by atoms with E-state index >= 15 is 0 Å². The lowest BCUT2D eigenvalue weighted by molar-refractivity contribution is 0.0528. The Labute approximate surface area is 80.1 Å². The molecule has 13 heavy (non-hydrogen) atoms. The highest BCUT2D eigenvalue weighted by Gasteiger charge is 2.22. The maximum Gasteiger partial charge on any atom is 0.169 e. The molecule has 0 radical (unpaired) electrons. The maximum absolute atomic E-state index is 9.25. The quantitative estimate of drug-likeness (QED) is 0.501. The number of rotatable bonds is 0.